The number of rotatable bonds is 8. The molecule has 7 nitrogen and oxygen atoms in total. The molecule has 63 heavy (non-hydrogen) atoms. The molecule has 0 saturated carbocycles. The molecule has 4 aromatic heterocycles. The highest BCUT2D eigenvalue weighted by Crippen LogP contribution is 2.42. The molecule has 12 aromatic rings. The van der Waals surface area contributed by atoms with Crippen LogP contribution in [0.5, 0.6) is 0 Å². The van der Waals surface area contributed by atoms with E-state index in [0.29, 0.717) is 29.7 Å². The molecule has 0 atom stereocenters. The highest BCUT2D eigenvalue weighted by Gasteiger charge is 2.21. The number of thiophene rings is 1. The van der Waals surface area contributed by atoms with Gasteiger partial charge >= 0.3 is 0 Å². The van der Waals surface area contributed by atoms with E-state index < -0.39 is 0 Å². The molecule has 4 heterocycles. The molecular weight excluding hydrogens is 793 g/mol. The van der Waals surface area contributed by atoms with Crippen LogP contribution in [0.4, 0.5) is 5.69 Å². The van der Waals surface area contributed by atoms with Gasteiger partial charge < -0.3 is 14.7 Å². The van der Waals surface area contributed by atoms with Crippen LogP contribution >= 0.6 is 11.3 Å². The van der Waals surface area contributed by atoms with Crippen LogP contribution in [-0.4, -0.2) is 25.4 Å². The third kappa shape index (κ3) is 6.43. The number of aromatic nitrogens is 4. The lowest BCUT2D eigenvalue weighted by Gasteiger charge is -2.10. The van der Waals surface area contributed by atoms with E-state index in [9.17, 15) is 0 Å². The predicted octanol–water partition coefficient (Wildman–Crippen LogP) is 13.7. The summed E-state index contributed by atoms with van der Waals surface area (Å²) in [5.74, 6) is 2.25. The quantitative estimate of drug-likeness (QED) is 0.122. The number of benzene rings is 8. The van der Waals surface area contributed by atoms with Crippen molar-refractivity contribution in [1.82, 2.24) is 19.5 Å². The zero-order chi connectivity index (χ0) is 41.9. The van der Waals surface area contributed by atoms with Gasteiger partial charge in [-0.25, -0.2) is 19.9 Å². The van der Waals surface area contributed by atoms with E-state index in [4.69, 9.17) is 30.1 Å². The van der Waals surface area contributed by atoms with Crippen LogP contribution in [0.15, 0.2) is 204 Å². The van der Waals surface area contributed by atoms with Gasteiger partial charge in [0.15, 0.2) is 17.5 Å². The lowest BCUT2D eigenvalue weighted by Crippen LogP contribution is -2.12. The van der Waals surface area contributed by atoms with Crippen LogP contribution in [0.2, 0.25) is 0 Å². The Balaban J connectivity index is 1.00. The first-order chi connectivity index (χ1) is 31.1. The van der Waals surface area contributed by atoms with Gasteiger partial charge in [-0.3, -0.25) is 0 Å². The number of nitrogens with two attached hydrogens (primary N) is 1. The first kappa shape index (κ1) is 36.6. The summed E-state index contributed by atoms with van der Waals surface area (Å²) < 4.78 is 10.0. The monoisotopic (exact) mass is 828 g/mol. The van der Waals surface area contributed by atoms with Crippen molar-refractivity contribution in [3.63, 3.8) is 0 Å². The summed E-state index contributed by atoms with van der Waals surface area (Å²) in [5, 5.41) is 5.33. The van der Waals surface area contributed by atoms with Crippen LogP contribution in [0.25, 0.3) is 93.7 Å². The zero-order valence-corrected chi connectivity index (χ0v) is 34.6. The third-order valence-corrected chi connectivity index (χ3v) is 12.9. The van der Waals surface area contributed by atoms with Crippen molar-refractivity contribution >= 4 is 76.7 Å². The summed E-state index contributed by atoms with van der Waals surface area (Å²) in [4.78, 5) is 21.8. The Kier molecular flexibility index (Phi) is 8.76. The van der Waals surface area contributed by atoms with Gasteiger partial charge in [-0.2, -0.15) is 0 Å². The lowest BCUT2D eigenvalue weighted by atomic mass is 10.0. The van der Waals surface area contributed by atoms with Crippen LogP contribution in [0.3, 0.4) is 0 Å². The molecule has 0 aliphatic heterocycles. The van der Waals surface area contributed by atoms with Crippen molar-refractivity contribution in [2.24, 2.45) is 10.7 Å². The molecule has 0 bridgehead atoms. The van der Waals surface area contributed by atoms with Crippen molar-refractivity contribution in [3.8, 4) is 39.9 Å². The standard InChI is InChI=1S/C55H36N6OS/c56-52(35-15-4-1-5-16-35)57-51-40-22-11-13-26-48(40)63-49(51)32-34-27-30-46-43(31-34)50-41(23-14-25-47(50)62-46)55-59-53(36-17-6-2-7-18-36)58-54(60-55)37-28-29-45-42(33-37)39-21-10-12-24-44(39)61(45)38-19-8-3-9-20-38/h1-31,33H,32H2,(H2,56,57). The van der Waals surface area contributed by atoms with Gasteiger partial charge in [0.1, 0.15) is 17.0 Å². The second-order valence-electron chi connectivity index (χ2n) is 15.6. The molecule has 0 amide bonds. The molecule has 8 aromatic carbocycles. The number of para-hydroxylation sites is 2. The molecule has 0 unspecified atom stereocenters. The Bertz CT molecular complexity index is 3720. The van der Waals surface area contributed by atoms with Crippen LogP contribution in [0.1, 0.15) is 16.0 Å². The molecule has 0 saturated heterocycles. The van der Waals surface area contributed by atoms with Crippen LogP contribution in [-0.2, 0) is 6.42 Å². The van der Waals surface area contributed by atoms with E-state index in [1.807, 2.05) is 78.9 Å². The van der Waals surface area contributed by atoms with E-state index >= 15 is 0 Å². The number of fused-ring (bicyclic) bond motifs is 7. The minimum absolute atomic E-state index is 0.492. The maximum atomic E-state index is 6.62. The number of aliphatic imine (C=N–C) groups is 1. The number of furan rings is 1. The third-order valence-electron chi connectivity index (χ3n) is 11.7. The van der Waals surface area contributed by atoms with Crippen molar-refractivity contribution in [2.75, 3.05) is 0 Å². The van der Waals surface area contributed by atoms with Crippen LogP contribution in [0, 0.1) is 0 Å². The SMILES string of the molecule is NC(=Nc1c(Cc2ccc3oc4cccc(-c5nc(-c6ccccc6)nc(-c6ccc7c(c6)c6ccccc6n7-c6ccccc6)n5)c4c3c2)sc2ccccc12)c1ccccc1. The Labute approximate surface area is 366 Å². The minimum Gasteiger partial charge on any atom is -0.456 e. The molecule has 12 rings (SSSR count). The number of hydrogen-bond acceptors (Lipinski definition) is 6. The molecule has 0 spiro atoms. The summed E-state index contributed by atoms with van der Waals surface area (Å²) in [6, 6.07) is 66.5. The Morgan fingerprint density at radius 1 is 0.540 bits per heavy atom. The van der Waals surface area contributed by atoms with E-state index in [0.717, 1.165) is 93.2 Å². The minimum atomic E-state index is 0.492. The number of hydrogen-bond donors (Lipinski definition) is 1. The van der Waals surface area contributed by atoms with E-state index in [1.165, 1.54) is 4.70 Å². The van der Waals surface area contributed by atoms with Crippen molar-refractivity contribution in [3.05, 3.63) is 210 Å². The average molecular weight is 829 g/mol. The van der Waals surface area contributed by atoms with E-state index in [2.05, 4.69) is 120 Å². The maximum Gasteiger partial charge on any atom is 0.164 e. The molecule has 0 aliphatic rings. The molecule has 2 N–H and O–H groups in total. The van der Waals surface area contributed by atoms with E-state index in [-0.39, 0.29) is 0 Å². The van der Waals surface area contributed by atoms with Crippen molar-refractivity contribution in [2.45, 2.75) is 6.42 Å². The zero-order valence-electron chi connectivity index (χ0n) is 33.8. The highest BCUT2D eigenvalue weighted by molar-refractivity contribution is 7.19. The normalized spacial score (nSPS) is 12.0. The van der Waals surface area contributed by atoms with Gasteiger partial charge in [0.05, 0.1) is 16.7 Å². The van der Waals surface area contributed by atoms with Crippen molar-refractivity contribution < 1.29 is 4.42 Å². The summed E-state index contributed by atoms with van der Waals surface area (Å²) in [6.07, 6.45) is 0.669. The predicted molar refractivity (Wildman–Crippen MR) is 259 cm³/mol. The first-order valence-corrected chi connectivity index (χ1v) is 21.7. The fraction of sp³-hybridized carbons (Fsp3) is 0.0182. The lowest BCUT2D eigenvalue weighted by molar-refractivity contribution is 0.669. The number of nitrogens with zero attached hydrogens (tertiary/aromatic N) is 5. The Hall–Kier alpha value is -8.20. The summed E-state index contributed by atoms with van der Waals surface area (Å²) in [6.45, 7) is 0. The summed E-state index contributed by atoms with van der Waals surface area (Å²) >= 11 is 1.75. The second-order valence-corrected chi connectivity index (χ2v) is 16.8. The summed E-state index contributed by atoms with van der Waals surface area (Å²) in [5.41, 5.74) is 17.2. The molecule has 8 heteroatoms. The largest absolute Gasteiger partial charge is 0.456 e. The Morgan fingerprint density at radius 2 is 1.22 bits per heavy atom. The van der Waals surface area contributed by atoms with Gasteiger partial charge in [-0.1, -0.05) is 133 Å². The van der Waals surface area contributed by atoms with Gasteiger partial charge in [0.25, 0.3) is 0 Å². The molecule has 298 valence electrons. The summed E-state index contributed by atoms with van der Waals surface area (Å²) in [7, 11) is 0. The van der Waals surface area contributed by atoms with Gasteiger partial charge in [-0.05, 0) is 66.2 Å². The molecule has 0 radical (unpaired) electrons. The smallest absolute Gasteiger partial charge is 0.164 e. The van der Waals surface area contributed by atoms with E-state index in [1.54, 1.807) is 11.3 Å². The molecule has 0 fully saturated rings. The van der Waals surface area contributed by atoms with Gasteiger partial charge in [0, 0.05) is 70.9 Å². The second kappa shape index (κ2) is 15.1. The van der Waals surface area contributed by atoms with Gasteiger partial charge in [-0.15, -0.1) is 11.3 Å². The van der Waals surface area contributed by atoms with Crippen LogP contribution < -0.4 is 5.73 Å². The first-order valence-electron chi connectivity index (χ1n) is 20.9. The highest BCUT2D eigenvalue weighted by atomic mass is 32.1. The fourth-order valence-electron chi connectivity index (χ4n) is 8.78. The average Bonchev–Trinajstić information content (AvgIpc) is 4.01. The fourth-order valence-corrected chi connectivity index (χ4v) is 9.96. The maximum absolute atomic E-state index is 6.62. The topological polar surface area (TPSA) is 95.1 Å². The molecule has 0 aliphatic carbocycles. The van der Waals surface area contributed by atoms with Gasteiger partial charge in [0.2, 0.25) is 0 Å². The Morgan fingerprint density at radius 3 is 2.05 bits per heavy atom. The molecular formula is C55H36N6OS. The van der Waals surface area contributed by atoms with Crippen molar-refractivity contribution in [1.29, 1.82) is 0 Å². The number of amidine groups is 1.